The average Bonchev–Trinajstić information content (AvgIpc) is 2.60. The van der Waals surface area contributed by atoms with Crippen LogP contribution < -0.4 is 10.7 Å². The second kappa shape index (κ2) is 9.42. The molecule has 0 aromatic heterocycles. The molecule has 1 aromatic carbocycles. The van der Waals surface area contributed by atoms with Crippen molar-refractivity contribution in [1.29, 1.82) is 0 Å². The maximum absolute atomic E-state index is 12.0. The van der Waals surface area contributed by atoms with E-state index in [-0.39, 0.29) is 24.2 Å². The third kappa shape index (κ3) is 6.32. The van der Waals surface area contributed by atoms with Crippen LogP contribution in [0.4, 0.5) is 0 Å². The first-order chi connectivity index (χ1) is 11.5. The van der Waals surface area contributed by atoms with Crippen LogP contribution in [0.25, 0.3) is 0 Å². The molecule has 0 unspecified atom stereocenters. The van der Waals surface area contributed by atoms with Gasteiger partial charge in [0.25, 0.3) is 0 Å². The second-order valence-electron chi connectivity index (χ2n) is 6.24. The number of carbonyl (C=O) groups excluding carboxylic acids is 2. The van der Waals surface area contributed by atoms with Crippen molar-refractivity contribution in [3.8, 4) is 0 Å². The molecule has 0 spiro atoms. The summed E-state index contributed by atoms with van der Waals surface area (Å²) in [5.41, 5.74) is 4.16. The van der Waals surface area contributed by atoms with Crippen LogP contribution in [0.2, 0.25) is 5.02 Å². The summed E-state index contributed by atoms with van der Waals surface area (Å²) in [6.45, 7) is 2.18. The SMILES string of the molecule is CC(CC(=O)NCc1ccc(Cl)cc1)=NNC(=O)C1CCCCC1. The molecule has 1 saturated carbocycles. The summed E-state index contributed by atoms with van der Waals surface area (Å²) >= 11 is 5.82. The average molecular weight is 350 g/mol. The van der Waals surface area contributed by atoms with Crippen molar-refractivity contribution < 1.29 is 9.59 Å². The molecule has 130 valence electrons. The number of rotatable bonds is 6. The molecule has 2 amide bonds. The van der Waals surface area contributed by atoms with Gasteiger partial charge in [0, 0.05) is 23.2 Å². The lowest BCUT2D eigenvalue weighted by Gasteiger charge is -2.19. The highest BCUT2D eigenvalue weighted by Crippen LogP contribution is 2.23. The Labute approximate surface area is 147 Å². The summed E-state index contributed by atoms with van der Waals surface area (Å²) in [5, 5.41) is 7.54. The molecule has 1 aromatic rings. The van der Waals surface area contributed by atoms with Gasteiger partial charge in [0.2, 0.25) is 11.8 Å². The molecule has 6 heteroatoms. The molecule has 5 nitrogen and oxygen atoms in total. The van der Waals surface area contributed by atoms with E-state index in [9.17, 15) is 9.59 Å². The van der Waals surface area contributed by atoms with Crippen LogP contribution in [0.3, 0.4) is 0 Å². The first kappa shape index (κ1) is 18.5. The maximum atomic E-state index is 12.0. The smallest absolute Gasteiger partial charge is 0.243 e. The Hall–Kier alpha value is -1.88. The van der Waals surface area contributed by atoms with Gasteiger partial charge in [0.05, 0.1) is 6.42 Å². The highest BCUT2D eigenvalue weighted by Gasteiger charge is 2.20. The molecule has 0 radical (unpaired) electrons. The zero-order chi connectivity index (χ0) is 17.4. The third-order valence-electron chi connectivity index (χ3n) is 4.15. The number of carbonyl (C=O) groups is 2. The predicted molar refractivity (Wildman–Crippen MR) is 95.7 cm³/mol. The summed E-state index contributed by atoms with van der Waals surface area (Å²) in [4.78, 5) is 23.9. The number of amides is 2. The summed E-state index contributed by atoms with van der Waals surface area (Å²) in [5.74, 6) is -0.0947. The zero-order valence-electron chi connectivity index (χ0n) is 14.0. The van der Waals surface area contributed by atoms with Crippen molar-refractivity contribution >= 4 is 29.1 Å². The van der Waals surface area contributed by atoms with E-state index in [4.69, 9.17) is 11.6 Å². The van der Waals surface area contributed by atoms with Crippen molar-refractivity contribution in [3.63, 3.8) is 0 Å². The van der Waals surface area contributed by atoms with Crippen LogP contribution in [-0.2, 0) is 16.1 Å². The Kier molecular flexibility index (Phi) is 7.25. The zero-order valence-corrected chi connectivity index (χ0v) is 14.7. The molecular formula is C18H24ClN3O2. The highest BCUT2D eigenvalue weighted by molar-refractivity contribution is 6.30. The van der Waals surface area contributed by atoms with Gasteiger partial charge in [-0.3, -0.25) is 9.59 Å². The van der Waals surface area contributed by atoms with Crippen molar-refractivity contribution in [2.75, 3.05) is 0 Å². The number of nitrogens with one attached hydrogen (secondary N) is 2. The van der Waals surface area contributed by atoms with E-state index in [0.29, 0.717) is 17.3 Å². The number of hydrazone groups is 1. The minimum Gasteiger partial charge on any atom is -0.352 e. The fourth-order valence-corrected chi connectivity index (χ4v) is 2.87. The second-order valence-corrected chi connectivity index (χ2v) is 6.67. The fourth-order valence-electron chi connectivity index (χ4n) is 2.74. The summed E-state index contributed by atoms with van der Waals surface area (Å²) < 4.78 is 0. The molecule has 0 heterocycles. The van der Waals surface area contributed by atoms with Crippen molar-refractivity contribution in [2.45, 2.75) is 52.0 Å². The van der Waals surface area contributed by atoms with E-state index in [1.807, 2.05) is 12.1 Å². The van der Waals surface area contributed by atoms with Gasteiger partial charge < -0.3 is 5.32 Å². The molecule has 0 bridgehead atoms. The van der Waals surface area contributed by atoms with E-state index < -0.39 is 0 Å². The summed E-state index contributed by atoms with van der Waals surface area (Å²) in [6, 6.07) is 7.31. The number of hydrogen-bond donors (Lipinski definition) is 2. The van der Waals surface area contributed by atoms with E-state index in [1.54, 1.807) is 19.1 Å². The Morgan fingerprint density at radius 2 is 1.83 bits per heavy atom. The lowest BCUT2D eigenvalue weighted by atomic mass is 9.89. The Balaban J connectivity index is 1.71. The van der Waals surface area contributed by atoms with Gasteiger partial charge in [0.15, 0.2) is 0 Å². The van der Waals surface area contributed by atoms with Crippen LogP contribution in [0.15, 0.2) is 29.4 Å². The quantitative estimate of drug-likeness (QED) is 0.610. The van der Waals surface area contributed by atoms with Crippen molar-refractivity contribution in [1.82, 2.24) is 10.7 Å². The van der Waals surface area contributed by atoms with Gasteiger partial charge in [-0.15, -0.1) is 0 Å². The standard InChI is InChI=1S/C18H24ClN3O2/c1-13(21-22-18(24)15-5-3-2-4-6-15)11-17(23)20-12-14-7-9-16(19)10-8-14/h7-10,15H,2-6,11-12H2,1H3,(H,20,23)(H,22,24). The van der Waals surface area contributed by atoms with Crippen molar-refractivity contribution in [2.24, 2.45) is 11.0 Å². The number of nitrogens with zero attached hydrogens (tertiary/aromatic N) is 1. The molecule has 1 aliphatic carbocycles. The van der Waals surface area contributed by atoms with Gasteiger partial charge in [-0.05, 0) is 37.5 Å². The number of benzene rings is 1. The molecule has 24 heavy (non-hydrogen) atoms. The largest absolute Gasteiger partial charge is 0.352 e. The highest BCUT2D eigenvalue weighted by atomic mass is 35.5. The molecule has 0 aliphatic heterocycles. The molecule has 1 fully saturated rings. The van der Waals surface area contributed by atoms with Gasteiger partial charge in [-0.1, -0.05) is 43.0 Å². The van der Waals surface area contributed by atoms with E-state index >= 15 is 0 Å². The molecule has 0 atom stereocenters. The van der Waals surface area contributed by atoms with Crippen LogP contribution in [0.5, 0.6) is 0 Å². The van der Waals surface area contributed by atoms with Gasteiger partial charge in [0.1, 0.15) is 0 Å². The Morgan fingerprint density at radius 1 is 1.17 bits per heavy atom. The van der Waals surface area contributed by atoms with E-state index in [1.165, 1.54) is 6.42 Å². The number of halogens is 1. The van der Waals surface area contributed by atoms with E-state index in [0.717, 1.165) is 31.2 Å². The number of hydrogen-bond acceptors (Lipinski definition) is 3. The van der Waals surface area contributed by atoms with Gasteiger partial charge in [-0.25, -0.2) is 5.43 Å². The first-order valence-corrected chi connectivity index (χ1v) is 8.76. The lowest BCUT2D eigenvalue weighted by molar-refractivity contribution is -0.126. The molecule has 2 rings (SSSR count). The third-order valence-corrected chi connectivity index (χ3v) is 4.40. The monoisotopic (exact) mass is 349 g/mol. The van der Waals surface area contributed by atoms with Crippen molar-refractivity contribution in [3.05, 3.63) is 34.9 Å². The molecular weight excluding hydrogens is 326 g/mol. The Morgan fingerprint density at radius 3 is 2.50 bits per heavy atom. The fraction of sp³-hybridized carbons (Fsp3) is 0.500. The molecule has 1 aliphatic rings. The Bertz CT molecular complexity index is 593. The van der Waals surface area contributed by atoms with Crippen LogP contribution in [-0.4, -0.2) is 17.5 Å². The van der Waals surface area contributed by atoms with Gasteiger partial charge in [-0.2, -0.15) is 5.10 Å². The van der Waals surface area contributed by atoms with E-state index in [2.05, 4.69) is 15.8 Å². The van der Waals surface area contributed by atoms with Crippen LogP contribution in [0.1, 0.15) is 51.0 Å². The minimum atomic E-state index is -0.127. The predicted octanol–water partition coefficient (Wildman–Crippen LogP) is 3.42. The van der Waals surface area contributed by atoms with Gasteiger partial charge >= 0.3 is 0 Å². The summed E-state index contributed by atoms with van der Waals surface area (Å²) in [6.07, 6.45) is 5.45. The van der Waals surface area contributed by atoms with Crippen LogP contribution in [0, 0.1) is 5.92 Å². The maximum Gasteiger partial charge on any atom is 0.243 e. The topological polar surface area (TPSA) is 70.6 Å². The first-order valence-electron chi connectivity index (χ1n) is 8.39. The molecule has 0 saturated heterocycles. The van der Waals surface area contributed by atoms with Crippen LogP contribution >= 0.6 is 11.6 Å². The minimum absolute atomic E-state index is 0.0318. The molecule has 2 N–H and O–H groups in total. The summed E-state index contributed by atoms with van der Waals surface area (Å²) in [7, 11) is 0. The lowest BCUT2D eigenvalue weighted by Crippen LogP contribution is -2.30. The normalized spacial score (nSPS) is 15.8.